The summed E-state index contributed by atoms with van der Waals surface area (Å²) in [7, 11) is 0. The second-order valence-electron chi connectivity index (χ2n) is 7.37. The van der Waals surface area contributed by atoms with Crippen LogP contribution in [0.25, 0.3) is 0 Å². The summed E-state index contributed by atoms with van der Waals surface area (Å²) in [6, 6.07) is -4.17. The lowest BCUT2D eigenvalue weighted by molar-refractivity contribution is -0.142. The highest BCUT2D eigenvalue weighted by Gasteiger charge is 2.28. The Morgan fingerprint density at radius 1 is 0.906 bits per heavy atom. The number of nitrogens with two attached hydrogens (primary N) is 3. The van der Waals surface area contributed by atoms with Gasteiger partial charge in [0, 0.05) is 6.42 Å². The van der Waals surface area contributed by atoms with E-state index in [0.29, 0.717) is 25.1 Å². The monoisotopic (exact) mass is 476 g/mol. The van der Waals surface area contributed by atoms with Crippen LogP contribution < -0.4 is 33.2 Å². The summed E-state index contributed by atoms with van der Waals surface area (Å²) in [4.78, 5) is 59.8. The molecule has 0 aliphatic carbocycles. The Morgan fingerprint density at radius 2 is 1.53 bits per heavy atom. The summed E-state index contributed by atoms with van der Waals surface area (Å²) in [5.41, 5.74) is 16.3. The molecule has 0 aromatic rings. The van der Waals surface area contributed by atoms with Gasteiger partial charge >= 0.3 is 5.97 Å². The molecule has 0 aliphatic heterocycles. The molecule has 0 saturated carbocycles. The molecule has 0 heterocycles. The smallest absolute Gasteiger partial charge is 0.326 e. The van der Waals surface area contributed by atoms with E-state index in [9.17, 15) is 29.1 Å². The molecule has 0 rings (SSSR count). The maximum atomic E-state index is 12.6. The predicted molar refractivity (Wildman–Crippen MR) is 121 cm³/mol. The Balaban J connectivity index is 5.05. The lowest BCUT2D eigenvalue weighted by Gasteiger charge is -2.23. The average Bonchev–Trinajstić information content (AvgIpc) is 2.73. The van der Waals surface area contributed by atoms with Crippen molar-refractivity contribution in [3.8, 4) is 0 Å². The highest BCUT2D eigenvalue weighted by molar-refractivity contribution is 7.98. The van der Waals surface area contributed by atoms with Crippen molar-refractivity contribution >= 4 is 41.4 Å². The van der Waals surface area contributed by atoms with Crippen molar-refractivity contribution in [2.75, 3.05) is 18.6 Å². The SMILES string of the molecule is CSCCC(NC(=O)C(CCC(N)=O)NC(=O)C(C)NC(=O)C(N)CCCCN)C(=O)O. The van der Waals surface area contributed by atoms with Crippen molar-refractivity contribution in [3.63, 3.8) is 0 Å². The Morgan fingerprint density at radius 3 is 2.06 bits per heavy atom. The van der Waals surface area contributed by atoms with Crippen molar-refractivity contribution < 1.29 is 29.1 Å². The molecule has 4 atom stereocenters. The van der Waals surface area contributed by atoms with Crippen LogP contribution in [-0.4, -0.2) is 77.4 Å². The Hall–Kier alpha value is -2.38. The quantitative estimate of drug-likeness (QED) is 0.115. The van der Waals surface area contributed by atoms with Gasteiger partial charge in [0.2, 0.25) is 23.6 Å². The van der Waals surface area contributed by atoms with Crippen LogP contribution in [0.2, 0.25) is 0 Å². The molecule has 0 spiro atoms. The number of nitrogens with one attached hydrogen (secondary N) is 3. The average molecular weight is 477 g/mol. The molecule has 4 amide bonds. The zero-order valence-corrected chi connectivity index (χ0v) is 19.4. The van der Waals surface area contributed by atoms with E-state index in [4.69, 9.17) is 17.2 Å². The topological polar surface area (TPSA) is 220 Å². The second kappa shape index (κ2) is 16.3. The molecule has 10 N–H and O–H groups in total. The molecule has 32 heavy (non-hydrogen) atoms. The van der Waals surface area contributed by atoms with Gasteiger partial charge < -0.3 is 38.3 Å². The molecule has 13 heteroatoms. The second-order valence-corrected chi connectivity index (χ2v) is 8.35. The number of thioether (sulfide) groups is 1. The van der Waals surface area contributed by atoms with Gasteiger partial charge in [-0.25, -0.2) is 4.79 Å². The molecule has 0 radical (unpaired) electrons. The summed E-state index contributed by atoms with van der Waals surface area (Å²) in [5.74, 6) is -3.36. The summed E-state index contributed by atoms with van der Waals surface area (Å²) >= 11 is 1.42. The van der Waals surface area contributed by atoms with E-state index in [1.165, 1.54) is 18.7 Å². The molecular weight excluding hydrogens is 440 g/mol. The molecular formula is C19H36N6O6S. The third-order valence-electron chi connectivity index (χ3n) is 4.60. The van der Waals surface area contributed by atoms with Gasteiger partial charge in [0.25, 0.3) is 0 Å². The number of primary amides is 1. The summed E-state index contributed by atoms with van der Waals surface area (Å²) in [5, 5.41) is 16.6. The van der Waals surface area contributed by atoms with E-state index in [1.807, 2.05) is 0 Å². The Labute approximate surface area is 192 Å². The van der Waals surface area contributed by atoms with Gasteiger partial charge in [0.05, 0.1) is 6.04 Å². The van der Waals surface area contributed by atoms with Crippen molar-refractivity contribution in [1.82, 2.24) is 16.0 Å². The molecule has 0 fully saturated rings. The fraction of sp³-hybridized carbons (Fsp3) is 0.737. The minimum atomic E-state index is -1.21. The molecule has 0 aromatic heterocycles. The largest absolute Gasteiger partial charge is 0.480 e. The van der Waals surface area contributed by atoms with Crippen molar-refractivity contribution in [3.05, 3.63) is 0 Å². The zero-order chi connectivity index (χ0) is 24.7. The first-order valence-electron chi connectivity index (χ1n) is 10.4. The van der Waals surface area contributed by atoms with Crippen molar-refractivity contribution in [1.29, 1.82) is 0 Å². The van der Waals surface area contributed by atoms with Gasteiger partial charge in [0.1, 0.15) is 18.1 Å². The molecule has 0 aromatic carbocycles. The van der Waals surface area contributed by atoms with Crippen LogP contribution in [0.3, 0.4) is 0 Å². The van der Waals surface area contributed by atoms with Crippen LogP contribution in [0.4, 0.5) is 0 Å². The third-order valence-corrected chi connectivity index (χ3v) is 5.24. The van der Waals surface area contributed by atoms with Gasteiger partial charge in [0.15, 0.2) is 0 Å². The first-order valence-corrected chi connectivity index (χ1v) is 11.8. The third kappa shape index (κ3) is 12.5. The number of carboxylic acids is 1. The molecule has 0 bridgehead atoms. The number of hydrogen-bond acceptors (Lipinski definition) is 8. The maximum absolute atomic E-state index is 12.6. The lowest BCUT2D eigenvalue weighted by atomic mass is 10.1. The summed E-state index contributed by atoms with van der Waals surface area (Å²) in [6.45, 7) is 1.91. The minimum absolute atomic E-state index is 0.124. The minimum Gasteiger partial charge on any atom is -0.480 e. The first kappa shape index (κ1) is 29.6. The van der Waals surface area contributed by atoms with Crippen LogP contribution in [0.5, 0.6) is 0 Å². The Kier molecular flexibility index (Phi) is 15.1. The number of carboxylic acid groups (broad SMARTS) is 1. The summed E-state index contributed by atoms with van der Waals surface area (Å²) < 4.78 is 0. The van der Waals surface area contributed by atoms with E-state index in [-0.39, 0.29) is 19.3 Å². The molecule has 12 nitrogen and oxygen atoms in total. The molecule has 0 aliphatic rings. The van der Waals surface area contributed by atoms with Gasteiger partial charge in [-0.15, -0.1) is 0 Å². The van der Waals surface area contributed by atoms with E-state index in [1.54, 1.807) is 6.26 Å². The van der Waals surface area contributed by atoms with E-state index >= 15 is 0 Å². The first-order chi connectivity index (χ1) is 15.0. The number of amides is 4. The highest BCUT2D eigenvalue weighted by Crippen LogP contribution is 2.05. The van der Waals surface area contributed by atoms with Gasteiger partial charge in [-0.05, 0) is 51.2 Å². The number of rotatable bonds is 17. The normalized spacial score (nSPS) is 14.5. The van der Waals surface area contributed by atoms with E-state index in [2.05, 4.69) is 16.0 Å². The molecule has 184 valence electrons. The van der Waals surface area contributed by atoms with Crippen LogP contribution in [0, 0.1) is 0 Å². The number of hydrogen-bond donors (Lipinski definition) is 7. The predicted octanol–water partition coefficient (Wildman–Crippen LogP) is -1.98. The number of carbonyl (C=O) groups is 5. The van der Waals surface area contributed by atoms with Crippen molar-refractivity contribution in [2.45, 2.75) is 69.6 Å². The lowest BCUT2D eigenvalue weighted by Crippen LogP contribution is -2.56. The maximum Gasteiger partial charge on any atom is 0.326 e. The van der Waals surface area contributed by atoms with Crippen LogP contribution in [-0.2, 0) is 24.0 Å². The highest BCUT2D eigenvalue weighted by atomic mass is 32.2. The van der Waals surface area contributed by atoms with Crippen molar-refractivity contribution in [2.24, 2.45) is 17.2 Å². The van der Waals surface area contributed by atoms with E-state index < -0.39 is 53.8 Å². The standard InChI is InChI=1S/C19H36N6O6S/c1-11(23-17(28)12(21)5-3-4-9-20)16(27)24-13(6-7-15(22)26)18(29)25-14(19(30)31)8-10-32-2/h11-14H,3-10,20-21H2,1-2H3,(H2,22,26)(H,23,28)(H,24,27)(H,25,29)(H,30,31). The molecule has 4 unspecified atom stereocenters. The zero-order valence-electron chi connectivity index (χ0n) is 18.6. The van der Waals surface area contributed by atoms with Crippen LogP contribution >= 0.6 is 11.8 Å². The molecule has 0 saturated heterocycles. The van der Waals surface area contributed by atoms with E-state index in [0.717, 1.165) is 6.42 Å². The van der Waals surface area contributed by atoms with Crippen LogP contribution in [0.15, 0.2) is 0 Å². The Bertz CT molecular complexity index is 650. The number of aliphatic carboxylic acids is 1. The summed E-state index contributed by atoms with van der Waals surface area (Å²) in [6.07, 6.45) is 3.47. The number of carbonyl (C=O) groups excluding carboxylic acids is 4. The van der Waals surface area contributed by atoms with Gasteiger partial charge in [-0.1, -0.05) is 6.42 Å². The van der Waals surface area contributed by atoms with Gasteiger partial charge in [-0.3, -0.25) is 19.2 Å². The fourth-order valence-electron chi connectivity index (χ4n) is 2.64. The fourth-order valence-corrected chi connectivity index (χ4v) is 3.11. The van der Waals surface area contributed by atoms with Crippen LogP contribution in [0.1, 0.15) is 45.4 Å². The van der Waals surface area contributed by atoms with Gasteiger partial charge in [-0.2, -0.15) is 11.8 Å². The number of unbranched alkanes of at least 4 members (excludes halogenated alkanes) is 1.